The Morgan fingerprint density at radius 3 is 2.17 bits per heavy atom. The van der Waals surface area contributed by atoms with Crippen molar-refractivity contribution in [1.29, 1.82) is 0 Å². The van der Waals surface area contributed by atoms with Crippen LogP contribution in [0.5, 0.6) is 0 Å². The number of nitrogens with zero attached hydrogens (tertiary/aromatic N) is 2. The minimum atomic E-state index is 0.706. The number of benzene rings is 7. The molecule has 4 aromatic heterocycles. The molecule has 0 spiro atoms. The van der Waals surface area contributed by atoms with Gasteiger partial charge in [0.2, 0.25) is 0 Å². The Morgan fingerprint density at radius 2 is 1.27 bits per heavy atom. The van der Waals surface area contributed by atoms with Crippen molar-refractivity contribution in [3.05, 3.63) is 133 Å². The lowest BCUT2D eigenvalue weighted by molar-refractivity contribution is 0.669. The van der Waals surface area contributed by atoms with Gasteiger partial charge in [-0.25, -0.2) is 9.97 Å². The van der Waals surface area contributed by atoms with Gasteiger partial charge >= 0.3 is 0 Å². The zero-order valence-corrected chi connectivity index (χ0v) is 27.4. The molecule has 0 aliphatic rings. The van der Waals surface area contributed by atoms with Gasteiger partial charge in [-0.2, -0.15) is 0 Å². The lowest BCUT2D eigenvalue weighted by Gasteiger charge is -2.12. The highest BCUT2D eigenvalue weighted by Gasteiger charge is 2.22. The summed E-state index contributed by atoms with van der Waals surface area (Å²) in [6.45, 7) is 2.10. The molecule has 0 saturated heterocycles. The quantitative estimate of drug-likeness (QED) is 0.191. The minimum Gasteiger partial charge on any atom is -0.456 e. The van der Waals surface area contributed by atoms with E-state index < -0.39 is 0 Å². The first-order chi connectivity index (χ1) is 23.7. The molecule has 0 aliphatic carbocycles. The van der Waals surface area contributed by atoms with Crippen LogP contribution in [-0.2, 0) is 0 Å². The number of aryl methyl sites for hydroxylation is 1. The first kappa shape index (κ1) is 26.4. The minimum absolute atomic E-state index is 0.706. The summed E-state index contributed by atoms with van der Waals surface area (Å²) in [4.78, 5) is 10.4. The van der Waals surface area contributed by atoms with Gasteiger partial charge in [0.15, 0.2) is 5.82 Å². The molecular weight excluding hydrogens is 625 g/mol. The molecule has 0 N–H and O–H groups in total. The lowest BCUT2D eigenvalue weighted by Crippen LogP contribution is -1.96. The second-order valence-electron chi connectivity index (χ2n) is 12.6. The Labute approximate surface area is 282 Å². The Kier molecular flexibility index (Phi) is 5.35. The molecule has 5 heteroatoms. The maximum Gasteiger partial charge on any atom is 0.160 e. The first-order valence-corrected chi connectivity index (χ1v) is 17.7. The molecule has 0 bridgehead atoms. The summed E-state index contributed by atoms with van der Waals surface area (Å²) in [5.74, 6) is 0.706. The molecule has 0 aliphatic heterocycles. The van der Waals surface area contributed by atoms with Crippen molar-refractivity contribution in [2.45, 2.75) is 6.92 Å². The third-order valence-electron chi connectivity index (χ3n) is 9.71. The standard InChI is InChI=1S/C43H24N2OS2/c1-23-13-15-25(16-14-23)43-44-31(22-32(45-43)30-12-6-9-24-7-2-4-10-28(24)30)27-19-34-38-36(21-27)48-42-29-11-5-3-8-26(29)20-37-41(42)40-35(47-37)18-17-33(46-34)39(38)40/h2-22H,1H3. The van der Waals surface area contributed by atoms with E-state index in [1.807, 2.05) is 22.7 Å². The van der Waals surface area contributed by atoms with E-state index >= 15 is 0 Å². The van der Waals surface area contributed by atoms with Crippen molar-refractivity contribution < 1.29 is 4.42 Å². The highest BCUT2D eigenvalue weighted by atomic mass is 32.1. The van der Waals surface area contributed by atoms with Crippen LogP contribution in [0.25, 0.3) is 107 Å². The number of hydrogen-bond acceptors (Lipinski definition) is 5. The summed E-state index contributed by atoms with van der Waals surface area (Å²) >= 11 is 3.74. The fourth-order valence-electron chi connectivity index (χ4n) is 7.45. The van der Waals surface area contributed by atoms with Gasteiger partial charge in [0.25, 0.3) is 0 Å². The number of furan rings is 1. The monoisotopic (exact) mass is 648 g/mol. The Morgan fingerprint density at radius 1 is 0.500 bits per heavy atom. The topological polar surface area (TPSA) is 38.9 Å². The van der Waals surface area contributed by atoms with Gasteiger partial charge in [0.05, 0.1) is 11.4 Å². The zero-order valence-electron chi connectivity index (χ0n) is 25.7. The molecule has 11 rings (SSSR count). The summed E-state index contributed by atoms with van der Waals surface area (Å²) in [7, 11) is 0. The van der Waals surface area contributed by atoms with E-state index in [9.17, 15) is 0 Å². The molecule has 4 heterocycles. The van der Waals surface area contributed by atoms with Crippen molar-refractivity contribution in [1.82, 2.24) is 9.97 Å². The highest BCUT2D eigenvalue weighted by molar-refractivity contribution is 7.29. The second kappa shape index (κ2) is 9.71. The van der Waals surface area contributed by atoms with E-state index in [2.05, 4.69) is 134 Å². The molecule has 224 valence electrons. The molecule has 0 unspecified atom stereocenters. The van der Waals surface area contributed by atoms with Crippen LogP contribution in [-0.4, -0.2) is 9.97 Å². The molecule has 7 aromatic carbocycles. The van der Waals surface area contributed by atoms with Crippen LogP contribution in [0.2, 0.25) is 0 Å². The van der Waals surface area contributed by atoms with Crippen LogP contribution < -0.4 is 0 Å². The normalized spacial score (nSPS) is 12.3. The van der Waals surface area contributed by atoms with Gasteiger partial charge in [0.1, 0.15) is 11.2 Å². The fourth-order valence-corrected chi connectivity index (χ4v) is 10.0. The first-order valence-electron chi connectivity index (χ1n) is 16.1. The molecule has 11 aromatic rings. The van der Waals surface area contributed by atoms with E-state index in [4.69, 9.17) is 14.4 Å². The molecule has 0 amide bonds. The van der Waals surface area contributed by atoms with Crippen LogP contribution in [0.3, 0.4) is 0 Å². The average molecular weight is 649 g/mol. The van der Waals surface area contributed by atoms with Gasteiger partial charge in [-0.15, -0.1) is 22.7 Å². The van der Waals surface area contributed by atoms with Crippen molar-refractivity contribution in [3.8, 4) is 33.9 Å². The predicted octanol–water partition coefficient (Wildman–Crippen LogP) is 13.0. The van der Waals surface area contributed by atoms with Crippen LogP contribution in [0.1, 0.15) is 5.56 Å². The van der Waals surface area contributed by atoms with E-state index in [0.29, 0.717) is 5.82 Å². The van der Waals surface area contributed by atoms with Gasteiger partial charge in [-0.1, -0.05) is 96.6 Å². The summed E-state index contributed by atoms with van der Waals surface area (Å²) in [6, 6.07) is 45.5. The van der Waals surface area contributed by atoms with Crippen molar-refractivity contribution in [2.75, 3.05) is 0 Å². The van der Waals surface area contributed by atoms with Crippen molar-refractivity contribution in [2.24, 2.45) is 0 Å². The molecule has 48 heavy (non-hydrogen) atoms. The summed E-state index contributed by atoms with van der Waals surface area (Å²) in [6.07, 6.45) is 0. The molecule has 0 saturated carbocycles. The molecule has 0 radical (unpaired) electrons. The number of aromatic nitrogens is 2. The van der Waals surface area contributed by atoms with Gasteiger partial charge in [-0.05, 0) is 64.9 Å². The Bertz CT molecular complexity index is 3070. The number of hydrogen-bond donors (Lipinski definition) is 0. The van der Waals surface area contributed by atoms with Gasteiger partial charge in [-0.3, -0.25) is 0 Å². The highest BCUT2D eigenvalue weighted by Crippen LogP contribution is 2.50. The lowest BCUT2D eigenvalue weighted by atomic mass is 9.99. The van der Waals surface area contributed by atoms with Crippen molar-refractivity contribution in [3.63, 3.8) is 0 Å². The van der Waals surface area contributed by atoms with E-state index in [0.717, 1.165) is 39.2 Å². The van der Waals surface area contributed by atoms with E-state index in [1.165, 1.54) is 67.5 Å². The smallest absolute Gasteiger partial charge is 0.160 e. The van der Waals surface area contributed by atoms with Gasteiger partial charge < -0.3 is 4.42 Å². The van der Waals surface area contributed by atoms with Crippen LogP contribution in [0.15, 0.2) is 132 Å². The Hall–Kier alpha value is -5.62. The van der Waals surface area contributed by atoms with Crippen molar-refractivity contribution >= 4 is 95.7 Å². The fraction of sp³-hybridized carbons (Fsp3) is 0.0233. The number of rotatable bonds is 3. The van der Waals surface area contributed by atoms with Crippen LogP contribution >= 0.6 is 22.7 Å². The third-order valence-corrected chi connectivity index (χ3v) is 12.0. The van der Waals surface area contributed by atoms with Crippen LogP contribution in [0.4, 0.5) is 0 Å². The molecular formula is C43H24N2OS2. The summed E-state index contributed by atoms with van der Waals surface area (Å²) < 4.78 is 11.8. The SMILES string of the molecule is Cc1ccc(-c2nc(-c3cc4oc5ccc6sc7cc8ccccc8c8sc(c3)c4c5c6c78)cc(-c3cccc4ccccc34)n2)cc1. The zero-order chi connectivity index (χ0) is 31.5. The van der Waals surface area contributed by atoms with E-state index in [-0.39, 0.29) is 0 Å². The third kappa shape index (κ3) is 3.74. The van der Waals surface area contributed by atoms with Gasteiger partial charge in [0, 0.05) is 57.0 Å². The second-order valence-corrected chi connectivity index (χ2v) is 14.8. The molecule has 0 atom stereocenters. The Balaban J connectivity index is 1.25. The van der Waals surface area contributed by atoms with E-state index in [1.54, 1.807) is 0 Å². The maximum absolute atomic E-state index is 6.69. The largest absolute Gasteiger partial charge is 0.456 e. The number of thiophene rings is 1. The maximum atomic E-state index is 6.69. The summed E-state index contributed by atoms with van der Waals surface area (Å²) in [5.41, 5.74) is 7.88. The molecule has 3 nitrogen and oxygen atoms in total. The predicted molar refractivity (Wildman–Crippen MR) is 205 cm³/mol. The summed E-state index contributed by atoms with van der Waals surface area (Å²) in [5, 5.41) is 9.97. The van der Waals surface area contributed by atoms with Crippen LogP contribution in [0, 0.1) is 6.92 Å². The average Bonchev–Trinajstić information content (AvgIpc) is 3.64. The number of fused-ring (bicyclic) bond motifs is 3. The molecule has 0 fully saturated rings.